The Labute approximate surface area is 241 Å². The summed E-state index contributed by atoms with van der Waals surface area (Å²) in [7, 11) is 0. The zero-order valence-corrected chi connectivity index (χ0v) is 23.7. The zero-order chi connectivity index (χ0) is 30.4. The van der Waals surface area contributed by atoms with Gasteiger partial charge in [0.25, 0.3) is 0 Å². The third kappa shape index (κ3) is 12.0. The Kier molecular flexibility index (Phi) is 13.8. The van der Waals surface area contributed by atoms with Gasteiger partial charge >= 0.3 is 5.97 Å². The first-order chi connectivity index (χ1) is 19.5. The lowest BCUT2D eigenvalue weighted by Gasteiger charge is -2.26. The van der Waals surface area contributed by atoms with Gasteiger partial charge < -0.3 is 37.6 Å². The van der Waals surface area contributed by atoms with Crippen LogP contribution in [0.15, 0.2) is 54.6 Å². The van der Waals surface area contributed by atoms with Crippen molar-refractivity contribution in [2.75, 3.05) is 6.54 Å². The van der Waals surface area contributed by atoms with E-state index < -0.39 is 47.9 Å². The number of hydrogen-bond acceptors (Lipinski definition) is 7. The molecule has 0 aromatic heterocycles. The van der Waals surface area contributed by atoms with E-state index in [9.17, 15) is 29.4 Å². The second-order valence-corrected chi connectivity index (χ2v) is 10.6. The van der Waals surface area contributed by atoms with E-state index in [1.165, 1.54) is 12.1 Å². The van der Waals surface area contributed by atoms with Crippen molar-refractivity contribution in [1.82, 2.24) is 16.0 Å². The lowest BCUT2D eigenvalue weighted by Crippen LogP contribution is -2.57. The smallest absolute Gasteiger partial charge is 0.326 e. The molecule has 0 spiro atoms. The summed E-state index contributed by atoms with van der Waals surface area (Å²) in [6, 6.07) is 11.2. The monoisotopic (exact) mass is 569 g/mol. The van der Waals surface area contributed by atoms with Crippen LogP contribution in [-0.2, 0) is 32.0 Å². The van der Waals surface area contributed by atoms with E-state index in [1.54, 1.807) is 12.1 Å². The standard InChI is InChI=1S/C30H43N5O6/c1-19(2)16-26(30(40)41)35-29(39)25(18-21-11-13-22(36)14-12-21)34-28(38)24(10-6-7-15-31)33-27(37)23(32)17-20-8-4-3-5-9-20/h3-5,8-9,11-14,19,23-26,36H,6-7,10,15-18,31-32H2,1-2H3,(H,33,37)(H,34,38)(H,35,39)(H,40,41). The van der Waals surface area contributed by atoms with Crippen LogP contribution in [0, 0.1) is 5.92 Å². The van der Waals surface area contributed by atoms with Crippen LogP contribution >= 0.6 is 0 Å². The van der Waals surface area contributed by atoms with Crippen molar-refractivity contribution in [3.63, 3.8) is 0 Å². The molecule has 11 heteroatoms. The molecule has 0 fully saturated rings. The van der Waals surface area contributed by atoms with Crippen molar-refractivity contribution in [2.45, 2.75) is 76.5 Å². The number of carboxylic acid groups (broad SMARTS) is 1. The topological polar surface area (TPSA) is 197 Å². The summed E-state index contributed by atoms with van der Waals surface area (Å²) >= 11 is 0. The van der Waals surface area contributed by atoms with E-state index >= 15 is 0 Å². The molecule has 2 aromatic rings. The Morgan fingerprint density at radius 1 is 0.756 bits per heavy atom. The van der Waals surface area contributed by atoms with Crippen molar-refractivity contribution in [3.8, 4) is 5.75 Å². The highest BCUT2D eigenvalue weighted by atomic mass is 16.4. The number of rotatable bonds is 17. The minimum Gasteiger partial charge on any atom is -0.508 e. The third-order valence-electron chi connectivity index (χ3n) is 6.55. The number of aromatic hydroxyl groups is 1. The number of amides is 3. The predicted molar refractivity (Wildman–Crippen MR) is 156 cm³/mol. The van der Waals surface area contributed by atoms with Crippen LogP contribution in [0.1, 0.15) is 50.7 Å². The molecule has 4 atom stereocenters. The van der Waals surface area contributed by atoms with Gasteiger partial charge in [-0.3, -0.25) is 14.4 Å². The van der Waals surface area contributed by atoms with E-state index in [2.05, 4.69) is 16.0 Å². The van der Waals surface area contributed by atoms with E-state index in [-0.39, 0.29) is 37.4 Å². The minimum atomic E-state index is -1.18. The fourth-order valence-corrected chi connectivity index (χ4v) is 4.32. The largest absolute Gasteiger partial charge is 0.508 e. The molecule has 0 aliphatic carbocycles. The first-order valence-corrected chi connectivity index (χ1v) is 13.9. The molecule has 4 unspecified atom stereocenters. The maximum Gasteiger partial charge on any atom is 0.326 e. The molecule has 2 aromatic carbocycles. The van der Waals surface area contributed by atoms with E-state index in [0.717, 1.165) is 5.56 Å². The van der Waals surface area contributed by atoms with Gasteiger partial charge in [0.15, 0.2) is 0 Å². The summed E-state index contributed by atoms with van der Waals surface area (Å²) in [5.74, 6) is -2.92. The quantitative estimate of drug-likeness (QED) is 0.138. The van der Waals surface area contributed by atoms with Gasteiger partial charge in [-0.1, -0.05) is 56.3 Å². The number of phenolic OH excluding ortho intramolecular Hbond substituents is 1. The highest BCUT2D eigenvalue weighted by Crippen LogP contribution is 2.13. The number of hydrogen-bond donors (Lipinski definition) is 7. The second-order valence-electron chi connectivity index (χ2n) is 10.6. The van der Waals surface area contributed by atoms with Gasteiger partial charge in [0, 0.05) is 6.42 Å². The summed E-state index contributed by atoms with van der Waals surface area (Å²) in [4.78, 5) is 51.5. The van der Waals surface area contributed by atoms with Gasteiger partial charge in [-0.2, -0.15) is 0 Å². The summed E-state index contributed by atoms with van der Waals surface area (Å²) < 4.78 is 0. The van der Waals surface area contributed by atoms with Gasteiger partial charge in [-0.15, -0.1) is 0 Å². The van der Waals surface area contributed by atoms with Crippen molar-refractivity contribution in [2.24, 2.45) is 17.4 Å². The summed E-state index contributed by atoms with van der Waals surface area (Å²) in [6.45, 7) is 4.10. The maximum atomic E-state index is 13.5. The molecule has 41 heavy (non-hydrogen) atoms. The third-order valence-corrected chi connectivity index (χ3v) is 6.55. The van der Waals surface area contributed by atoms with E-state index in [1.807, 2.05) is 44.2 Å². The Morgan fingerprint density at radius 2 is 1.32 bits per heavy atom. The summed E-state index contributed by atoms with van der Waals surface area (Å²) in [5, 5.41) is 27.2. The number of aliphatic carboxylic acids is 1. The number of benzene rings is 2. The maximum absolute atomic E-state index is 13.5. The Hall–Kier alpha value is -3.96. The van der Waals surface area contributed by atoms with Crippen LogP contribution in [0.25, 0.3) is 0 Å². The number of unbranched alkanes of at least 4 members (excludes halogenated alkanes) is 1. The van der Waals surface area contributed by atoms with Crippen LogP contribution in [0.4, 0.5) is 0 Å². The average molecular weight is 570 g/mol. The molecule has 0 heterocycles. The lowest BCUT2D eigenvalue weighted by atomic mass is 10.0. The molecule has 0 radical (unpaired) electrons. The van der Waals surface area contributed by atoms with E-state index in [4.69, 9.17) is 11.5 Å². The average Bonchev–Trinajstić information content (AvgIpc) is 2.93. The SMILES string of the molecule is CC(C)CC(NC(=O)C(Cc1ccc(O)cc1)NC(=O)C(CCCCN)NC(=O)C(N)Cc1ccccc1)C(=O)O. The fourth-order valence-electron chi connectivity index (χ4n) is 4.32. The number of phenols is 1. The number of carbonyl (C=O) groups excluding carboxylic acids is 3. The summed E-state index contributed by atoms with van der Waals surface area (Å²) in [6.07, 6.45) is 1.96. The fraction of sp³-hybridized carbons (Fsp3) is 0.467. The molecule has 9 N–H and O–H groups in total. The molecule has 11 nitrogen and oxygen atoms in total. The van der Waals surface area contributed by atoms with Crippen LogP contribution in [0.5, 0.6) is 5.75 Å². The number of carboxylic acids is 1. The predicted octanol–water partition coefficient (Wildman–Crippen LogP) is 1.22. The molecule has 3 amide bonds. The number of nitrogens with two attached hydrogens (primary N) is 2. The van der Waals surface area contributed by atoms with E-state index in [0.29, 0.717) is 24.9 Å². The molecule has 0 bridgehead atoms. The highest BCUT2D eigenvalue weighted by molar-refractivity contribution is 5.94. The zero-order valence-electron chi connectivity index (χ0n) is 23.7. The number of carbonyl (C=O) groups is 4. The molecule has 0 saturated heterocycles. The first-order valence-electron chi connectivity index (χ1n) is 13.9. The number of nitrogens with one attached hydrogen (secondary N) is 3. The molecule has 0 saturated carbocycles. The Bertz CT molecular complexity index is 1130. The van der Waals surface area contributed by atoms with Gasteiger partial charge in [0.05, 0.1) is 6.04 Å². The molecule has 2 rings (SSSR count). The first kappa shape index (κ1) is 33.2. The molecular weight excluding hydrogens is 526 g/mol. The van der Waals surface area contributed by atoms with Crippen molar-refractivity contribution < 1.29 is 29.4 Å². The summed E-state index contributed by atoms with van der Waals surface area (Å²) in [5.41, 5.74) is 13.3. The second kappa shape index (κ2) is 17.0. The normalized spacial score (nSPS) is 14.0. The van der Waals surface area contributed by atoms with Gasteiger partial charge in [0.2, 0.25) is 17.7 Å². The van der Waals surface area contributed by atoms with Crippen LogP contribution < -0.4 is 27.4 Å². The highest BCUT2D eigenvalue weighted by Gasteiger charge is 2.30. The Morgan fingerprint density at radius 3 is 1.90 bits per heavy atom. The molecular formula is C30H43N5O6. The van der Waals surface area contributed by atoms with Crippen LogP contribution in [0.3, 0.4) is 0 Å². The Balaban J connectivity index is 2.22. The van der Waals surface area contributed by atoms with Gasteiger partial charge in [-0.05, 0) is 67.8 Å². The van der Waals surface area contributed by atoms with Crippen LogP contribution in [0.2, 0.25) is 0 Å². The van der Waals surface area contributed by atoms with Crippen molar-refractivity contribution in [1.29, 1.82) is 0 Å². The van der Waals surface area contributed by atoms with Gasteiger partial charge in [-0.25, -0.2) is 4.79 Å². The lowest BCUT2D eigenvalue weighted by molar-refractivity contribution is -0.142. The van der Waals surface area contributed by atoms with Crippen LogP contribution in [-0.4, -0.2) is 64.6 Å². The molecule has 224 valence electrons. The molecule has 0 aliphatic heterocycles. The minimum absolute atomic E-state index is 0.00349. The van der Waals surface area contributed by atoms with Gasteiger partial charge in [0.1, 0.15) is 23.9 Å². The van der Waals surface area contributed by atoms with Crippen molar-refractivity contribution >= 4 is 23.7 Å². The molecule has 0 aliphatic rings. The van der Waals surface area contributed by atoms with Crippen molar-refractivity contribution in [3.05, 3.63) is 65.7 Å².